The van der Waals surface area contributed by atoms with Gasteiger partial charge in [0.1, 0.15) is 0 Å². The normalized spacial score (nSPS) is 15.3. The van der Waals surface area contributed by atoms with Crippen molar-refractivity contribution in [2.45, 2.75) is 39.8 Å². The summed E-state index contributed by atoms with van der Waals surface area (Å²) >= 11 is 0. The zero-order chi connectivity index (χ0) is 14.6. The molecule has 0 fully saturated rings. The van der Waals surface area contributed by atoms with Crippen molar-refractivity contribution in [3.05, 3.63) is 35.4 Å². The summed E-state index contributed by atoms with van der Waals surface area (Å²) < 4.78 is 32.0. The number of halogens is 2. The maximum absolute atomic E-state index is 13.4. The van der Waals surface area contributed by atoms with Crippen LogP contribution in [0, 0.1) is 17.0 Å². The van der Waals surface area contributed by atoms with E-state index in [1.165, 1.54) is 6.07 Å². The summed E-state index contributed by atoms with van der Waals surface area (Å²) in [5.74, 6) is -1.66. The van der Waals surface area contributed by atoms with Gasteiger partial charge in [-0.15, -0.1) is 0 Å². The second kappa shape index (κ2) is 6.44. The molecular formula is C15H23F2NO. The van der Waals surface area contributed by atoms with Gasteiger partial charge in [0.25, 0.3) is 0 Å². The molecule has 1 aromatic rings. The van der Waals surface area contributed by atoms with E-state index in [2.05, 4.69) is 26.1 Å². The second-order valence-electron chi connectivity index (χ2n) is 5.73. The first-order chi connectivity index (χ1) is 8.81. The van der Waals surface area contributed by atoms with Gasteiger partial charge >= 0.3 is 0 Å². The molecule has 19 heavy (non-hydrogen) atoms. The molecule has 0 bridgehead atoms. The van der Waals surface area contributed by atoms with Crippen molar-refractivity contribution in [2.24, 2.45) is 5.41 Å². The molecule has 0 aromatic heterocycles. The molecule has 4 heteroatoms. The van der Waals surface area contributed by atoms with E-state index in [9.17, 15) is 8.78 Å². The minimum Gasteiger partial charge on any atom is -0.379 e. The van der Waals surface area contributed by atoms with Crippen LogP contribution in [0.3, 0.4) is 0 Å². The molecule has 1 N–H and O–H groups in total. The lowest BCUT2D eigenvalue weighted by molar-refractivity contribution is -0.0116. The van der Waals surface area contributed by atoms with Crippen molar-refractivity contribution in [3.8, 4) is 0 Å². The topological polar surface area (TPSA) is 21.3 Å². The van der Waals surface area contributed by atoms with Crippen LogP contribution >= 0.6 is 0 Å². The number of methoxy groups -OCH3 is 1. The molecule has 0 heterocycles. The Balaban J connectivity index is 3.14. The lowest BCUT2D eigenvalue weighted by atomic mass is 9.82. The Hall–Kier alpha value is -1.00. The number of nitrogens with one attached hydrogen (secondary N) is 1. The minimum atomic E-state index is -0.830. The third-order valence-electron chi connectivity index (χ3n) is 3.14. The number of likely N-dealkylation sites (N-methyl/N-ethyl adjacent to an activating group) is 1. The average Bonchev–Trinajstić information content (AvgIpc) is 2.31. The van der Waals surface area contributed by atoms with Gasteiger partial charge in [0, 0.05) is 7.11 Å². The zero-order valence-corrected chi connectivity index (χ0v) is 12.3. The Kier molecular flexibility index (Phi) is 5.44. The van der Waals surface area contributed by atoms with E-state index in [4.69, 9.17) is 4.74 Å². The first kappa shape index (κ1) is 16.1. The Morgan fingerprint density at radius 1 is 1.21 bits per heavy atom. The van der Waals surface area contributed by atoms with Crippen LogP contribution in [0.1, 0.15) is 39.3 Å². The highest BCUT2D eigenvalue weighted by Crippen LogP contribution is 2.32. The van der Waals surface area contributed by atoms with Gasteiger partial charge in [-0.3, -0.25) is 0 Å². The summed E-state index contributed by atoms with van der Waals surface area (Å²) in [5.41, 5.74) is 0.578. The maximum Gasteiger partial charge on any atom is 0.159 e. The van der Waals surface area contributed by atoms with Gasteiger partial charge in [-0.25, -0.2) is 8.78 Å². The van der Waals surface area contributed by atoms with Gasteiger partial charge in [-0.2, -0.15) is 0 Å². The highest BCUT2D eigenvalue weighted by Gasteiger charge is 2.33. The quantitative estimate of drug-likeness (QED) is 0.882. The molecule has 1 aromatic carbocycles. The van der Waals surface area contributed by atoms with Crippen molar-refractivity contribution in [2.75, 3.05) is 13.7 Å². The van der Waals surface area contributed by atoms with E-state index < -0.39 is 11.6 Å². The van der Waals surface area contributed by atoms with Crippen LogP contribution in [-0.2, 0) is 4.74 Å². The van der Waals surface area contributed by atoms with Gasteiger partial charge in [-0.05, 0) is 29.7 Å². The van der Waals surface area contributed by atoms with Crippen molar-refractivity contribution in [3.63, 3.8) is 0 Å². The summed E-state index contributed by atoms with van der Waals surface area (Å²) in [6.07, 6.45) is -0.141. The van der Waals surface area contributed by atoms with Crippen LogP contribution in [0.2, 0.25) is 0 Å². The summed E-state index contributed by atoms with van der Waals surface area (Å²) in [7, 11) is 1.64. The van der Waals surface area contributed by atoms with Gasteiger partial charge in [-0.1, -0.05) is 33.8 Å². The highest BCUT2D eigenvalue weighted by atomic mass is 19.2. The number of ether oxygens (including phenoxy) is 1. The molecule has 0 radical (unpaired) electrons. The Morgan fingerprint density at radius 3 is 2.26 bits per heavy atom. The fourth-order valence-electron chi connectivity index (χ4n) is 2.32. The maximum atomic E-state index is 13.4. The Labute approximate surface area is 114 Å². The lowest BCUT2D eigenvalue weighted by Crippen LogP contribution is -2.41. The van der Waals surface area contributed by atoms with Gasteiger partial charge < -0.3 is 10.1 Å². The first-order valence-electron chi connectivity index (χ1n) is 6.52. The average molecular weight is 271 g/mol. The zero-order valence-electron chi connectivity index (χ0n) is 12.3. The molecule has 1 rings (SSSR count). The van der Waals surface area contributed by atoms with Gasteiger partial charge in [0.05, 0.1) is 12.1 Å². The fourth-order valence-corrected chi connectivity index (χ4v) is 2.32. The van der Waals surface area contributed by atoms with Gasteiger partial charge in [0.2, 0.25) is 0 Å². The summed E-state index contributed by atoms with van der Waals surface area (Å²) in [6.45, 7) is 8.88. The Morgan fingerprint density at radius 2 is 1.84 bits per heavy atom. The third-order valence-corrected chi connectivity index (χ3v) is 3.14. The van der Waals surface area contributed by atoms with E-state index in [0.717, 1.165) is 12.6 Å². The van der Waals surface area contributed by atoms with Crippen LogP contribution in [0.5, 0.6) is 0 Å². The number of benzene rings is 1. The molecule has 0 spiro atoms. The molecule has 2 unspecified atom stereocenters. The van der Waals surface area contributed by atoms with Crippen LogP contribution in [0.15, 0.2) is 18.2 Å². The number of hydrogen-bond acceptors (Lipinski definition) is 2. The molecule has 0 amide bonds. The predicted octanol–water partition coefficient (Wildman–Crippen LogP) is 3.68. The minimum absolute atomic E-state index is 0.119. The second-order valence-corrected chi connectivity index (χ2v) is 5.73. The van der Waals surface area contributed by atoms with Crippen LogP contribution < -0.4 is 5.32 Å². The van der Waals surface area contributed by atoms with Crippen molar-refractivity contribution >= 4 is 0 Å². The van der Waals surface area contributed by atoms with Crippen molar-refractivity contribution in [1.29, 1.82) is 0 Å². The van der Waals surface area contributed by atoms with Crippen LogP contribution in [-0.4, -0.2) is 19.8 Å². The lowest BCUT2D eigenvalue weighted by Gasteiger charge is -2.36. The first-order valence-corrected chi connectivity index (χ1v) is 6.52. The largest absolute Gasteiger partial charge is 0.379 e. The number of rotatable bonds is 5. The molecule has 108 valence electrons. The van der Waals surface area contributed by atoms with E-state index in [1.54, 1.807) is 13.2 Å². The highest BCUT2D eigenvalue weighted by molar-refractivity contribution is 5.23. The van der Waals surface area contributed by atoms with E-state index in [0.29, 0.717) is 5.56 Å². The molecule has 0 saturated carbocycles. The summed E-state index contributed by atoms with van der Waals surface area (Å²) in [6, 6.07) is 3.82. The molecule has 0 saturated heterocycles. The Bertz CT molecular complexity index is 415. The molecular weight excluding hydrogens is 248 g/mol. The van der Waals surface area contributed by atoms with Crippen molar-refractivity contribution < 1.29 is 13.5 Å². The molecule has 2 nitrogen and oxygen atoms in total. The van der Waals surface area contributed by atoms with Crippen molar-refractivity contribution in [1.82, 2.24) is 5.32 Å². The van der Waals surface area contributed by atoms with E-state index in [1.807, 2.05) is 6.92 Å². The molecule has 0 aliphatic carbocycles. The van der Waals surface area contributed by atoms with E-state index in [-0.39, 0.29) is 17.6 Å². The third kappa shape index (κ3) is 3.98. The monoisotopic (exact) mass is 271 g/mol. The molecule has 0 aliphatic heterocycles. The summed E-state index contributed by atoms with van der Waals surface area (Å²) in [5, 5.41) is 3.29. The van der Waals surface area contributed by atoms with E-state index >= 15 is 0 Å². The standard InChI is InChI=1S/C15H23F2NO/c1-6-18-13(14(19-5)15(2,3)4)10-7-8-11(16)12(17)9-10/h7-9,13-14,18H,6H2,1-5H3. The smallest absolute Gasteiger partial charge is 0.159 e. The fraction of sp³-hybridized carbons (Fsp3) is 0.600. The van der Waals surface area contributed by atoms with Gasteiger partial charge in [0.15, 0.2) is 11.6 Å². The summed E-state index contributed by atoms with van der Waals surface area (Å²) in [4.78, 5) is 0. The predicted molar refractivity (Wildman–Crippen MR) is 73.0 cm³/mol. The molecule has 0 aliphatic rings. The SMILES string of the molecule is CCNC(c1ccc(F)c(F)c1)C(OC)C(C)(C)C. The number of hydrogen-bond donors (Lipinski definition) is 1. The van der Waals surface area contributed by atoms with Crippen LogP contribution in [0.4, 0.5) is 8.78 Å². The molecule has 2 atom stereocenters. The van der Waals surface area contributed by atoms with Crippen LogP contribution in [0.25, 0.3) is 0 Å².